The van der Waals surface area contributed by atoms with Crippen molar-refractivity contribution >= 4 is 10.4 Å². The number of nitrogens with two attached hydrogens (primary N) is 1. The summed E-state index contributed by atoms with van der Waals surface area (Å²) in [6, 6.07) is 0. The molecule has 74 valence electrons. The van der Waals surface area contributed by atoms with Crippen molar-refractivity contribution in [3.05, 3.63) is 0 Å². The number of hydrogen-bond donors (Lipinski definition) is 2. The molecule has 12 heavy (non-hydrogen) atoms. The van der Waals surface area contributed by atoms with E-state index in [-0.39, 0.29) is 26.4 Å². The Morgan fingerprint density at radius 1 is 1.25 bits per heavy atom. The second kappa shape index (κ2) is 6.29. The van der Waals surface area contributed by atoms with Crippen LogP contribution < -0.4 is 5.90 Å². The second-order valence-corrected chi connectivity index (χ2v) is 2.91. The molecule has 0 aromatic rings. The highest BCUT2D eigenvalue weighted by Gasteiger charge is 2.08. The van der Waals surface area contributed by atoms with Gasteiger partial charge in [0.15, 0.2) is 0 Å². The lowest BCUT2D eigenvalue weighted by molar-refractivity contribution is 0.0669. The zero-order chi connectivity index (χ0) is 9.45. The smallest absolute Gasteiger partial charge is 0.394 e. The van der Waals surface area contributed by atoms with Crippen molar-refractivity contribution in [1.82, 2.24) is 0 Å². The fourth-order valence-electron chi connectivity index (χ4n) is 0.389. The first kappa shape index (κ1) is 11.8. The van der Waals surface area contributed by atoms with E-state index in [1.54, 1.807) is 0 Å². The zero-order valence-electron chi connectivity index (χ0n) is 6.30. The van der Waals surface area contributed by atoms with Gasteiger partial charge >= 0.3 is 10.4 Å². The Hall–Kier alpha value is -0.250. The van der Waals surface area contributed by atoms with E-state index in [1.165, 1.54) is 0 Å². The number of aliphatic hydroxyl groups is 1. The molecule has 0 aliphatic carbocycles. The van der Waals surface area contributed by atoms with Gasteiger partial charge in [0.25, 0.3) is 0 Å². The molecule has 3 N–H and O–H groups in total. The highest BCUT2D eigenvalue weighted by atomic mass is 32.3. The zero-order valence-corrected chi connectivity index (χ0v) is 7.12. The quantitative estimate of drug-likeness (QED) is 0.367. The number of aliphatic hydroxyl groups excluding tert-OH is 1. The van der Waals surface area contributed by atoms with Crippen molar-refractivity contribution in [1.29, 1.82) is 0 Å². The van der Waals surface area contributed by atoms with Crippen LogP contribution in [0.2, 0.25) is 0 Å². The summed E-state index contributed by atoms with van der Waals surface area (Å²) in [7, 11) is -4.07. The van der Waals surface area contributed by atoms with Crippen molar-refractivity contribution in [2.75, 3.05) is 26.4 Å². The molecule has 0 bridgehead atoms. The van der Waals surface area contributed by atoms with Gasteiger partial charge in [-0.05, 0) is 0 Å². The summed E-state index contributed by atoms with van der Waals surface area (Å²) in [5.74, 6) is 4.35. The molecular weight excluding hydrogens is 190 g/mol. The van der Waals surface area contributed by atoms with E-state index in [1.807, 2.05) is 0 Å². The lowest BCUT2D eigenvalue weighted by atomic mass is 10.7. The number of ether oxygens (including phenoxy) is 1. The van der Waals surface area contributed by atoms with Gasteiger partial charge in [-0.3, -0.25) is 0 Å². The molecule has 8 heteroatoms. The van der Waals surface area contributed by atoms with Crippen molar-refractivity contribution in [2.45, 2.75) is 0 Å². The number of rotatable bonds is 7. The van der Waals surface area contributed by atoms with Crippen LogP contribution >= 0.6 is 0 Å². The van der Waals surface area contributed by atoms with Crippen LogP contribution in [0, 0.1) is 0 Å². The van der Waals surface area contributed by atoms with E-state index in [9.17, 15) is 8.42 Å². The molecule has 0 spiro atoms. The van der Waals surface area contributed by atoms with Gasteiger partial charge < -0.3 is 9.84 Å². The summed E-state index contributed by atoms with van der Waals surface area (Å²) in [5.41, 5.74) is 0. The predicted octanol–water partition coefficient (Wildman–Crippen LogP) is -1.85. The van der Waals surface area contributed by atoms with Crippen molar-refractivity contribution in [3.63, 3.8) is 0 Å². The van der Waals surface area contributed by atoms with Gasteiger partial charge in [-0.1, -0.05) is 0 Å². The molecule has 0 aliphatic rings. The van der Waals surface area contributed by atoms with Crippen LogP contribution in [0.5, 0.6) is 0 Å². The van der Waals surface area contributed by atoms with Gasteiger partial charge in [-0.25, -0.2) is 4.18 Å². The summed E-state index contributed by atoms with van der Waals surface area (Å²) in [6.07, 6.45) is 0. The number of hydrogen-bond acceptors (Lipinski definition) is 7. The Labute approximate surface area is 70.3 Å². The molecule has 0 saturated carbocycles. The molecule has 0 atom stereocenters. The van der Waals surface area contributed by atoms with E-state index in [0.29, 0.717) is 0 Å². The average molecular weight is 201 g/mol. The lowest BCUT2D eigenvalue weighted by Gasteiger charge is -2.02. The van der Waals surface area contributed by atoms with E-state index >= 15 is 0 Å². The second-order valence-electron chi connectivity index (χ2n) is 1.66. The van der Waals surface area contributed by atoms with Crippen LogP contribution in [-0.2, 0) is 23.6 Å². The first-order valence-corrected chi connectivity index (χ1v) is 4.42. The third-order valence-electron chi connectivity index (χ3n) is 0.809. The fraction of sp³-hybridized carbons (Fsp3) is 1.00. The summed E-state index contributed by atoms with van der Waals surface area (Å²) in [6.45, 7) is -0.143. The molecule has 0 saturated heterocycles. The van der Waals surface area contributed by atoms with Crippen LogP contribution in [0.1, 0.15) is 0 Å². The summed E-state index contributed by atoms with van der Waals surface area (Å²) in [5, 5.41) is 8.24. The lowest BCUT2D eigenvalue weighted by Crippen LogP contribution is -2.17. The maximum atomic E-state index is 10.4. The standard InChI is InChI=1S/C4H11NO6S/c5-11-12(7,8)10-4-3-9-2-1-6/h6H,1-5H2. The molecule has 0 heterocycles. The topological polar surface area (TPSA) is 108 Å². The summed E-state index contributed by atoms with van der Waals surface area (Å²) in [4.78, 5) is 0. The third-order valence-corrected chi connectivity index (χ3v) is 1.50. The predicted molar refractivity (Wildman–Crippen MR) is 38.0 cm³/mol. The largest absolute Gasteiger partial charge is 0.415 e. The Morgan fingerprint density at radius 3 is 2.42 bits per heavy atom. The summed E-state index contributed by atoms with van der Waals surface area (Å²) < 4.78 is 33.0. The highest BCUT2D eigenvalue weighted by Crippen LogP contribution is 1.90. The van der Waals surface area contributed by atoms with Crippen LogP contribution in [0.3, 0.4) is 0 Å². The van der Waals surface area contributed by atoms with Crippen LogP contribution in [0.4, 0.5) is 0 Å². The van der Waals surface area contributed by atoms with Gasteiger partial charge in [0.2, 0.25) is 0 Å². The first-order chi connectivity index (χ1) is 5.62. The molecule has 0 radical (unpaired) electrons. The Bertz CT molecular complexity index is 190. The van der Waals surface area contributed by atoms with Crippen molar-refractivity contribution in [3.8, 4) is 0 Å². The molecule has 7 nitrogen and oxygen atoms in total. The SMILES string of the molecule is NOS(=O)(=O)OCCOCCO. The van der Waals surface area contributed by atoms with Gasteiger partial charge in [0.05, 0.1) is 26.4 Å². The Morgan fingerprint density at radius 2 is 1.92 bits per heavy atom. The molecule has 0 rings (SSSR count). The maximum Gasteiger partial charge on any atom is 0.415 e. The minimum atomic E-state index is -4.07. The van der Waals surface area contributed by atoms with Crippen molar-refractivity contribution < 1.29 is 26.7 Å². The molecule has 0 aromatic carbocycles. The van der Waals surface area contributed by atoms with Crippen LogP contribution in [0.25, 0.3) is 0 Å². The maximum absolute atomic E-state index is 10.4. The first-order valence-electron chi connectivity index (χ1n) is 3.08. The van der Waals surface area contributed by atoms with Gasteiger partial charge in [0.1, 0.15) is 0 Å². The monoisotopic (exact) mass is 201 g/mol. The molecule has 0 aromatic heterocycles. The molecule has 0 amide bonds. The van der Waals surface area contributed by atoms with Crippen LogP contribution in [0.15, 0.2) is 0 Å². The van der Waals surface area contributed by atoms with E-state index < -0.39 is 10.4 Å². The van der Waals surface area contributed by atoms with E-state index in [0.717, 1.165) is 0 Å². The third kappa shape index (κ3) is 6.46. The fourth-order valence-corrected chi connectivity index (χ4v) is 0.717. The van der Waals surface area contributed by atoms with Gasteiger partial charge in [-0.15, -0.1) is 0 Å². The van der Waals surface area contributed by atoms with E-state index in [2.05, 4.69) is 19.1 Å². The van der Waals surface area contributed by atoms with E-state index in [4.69, 9.17) is 5.11 Å². The molecule has 0 fully saturated rings. The minimum absolute atomic E-state index is 0.0448. The average Bonchev–Trinajstić information content (AvgIpc) is 2.04. The molecular formula is C4H11NO6S. The highest BCUT2D eigenvalue weighted by molar-refractivity contribution is 7.81. The Kier molecular flexibility index (Phi) is 6.16. The van der Waals surface area contributed by atoms with Gasteiger partial charge in [-0.2, -0.15) is 18.6 Å². The minimum Gasteiger partial charge on any atom is -0.394 e. The van der Waals surface area contributed by atoms with Crippen molar-refractivity contribution in [2.24, 2.45) is 5.90 Å². The van der Waals surface area contributed by atoms with Gasteiger partial charge in [0, 0.05) is 0 Å². The molecule has 0 aliphatic heterocycles. The molecule has 0 unspecified atom stereocenters. The Balaban J connectivity index is 3.32. The normalized spacial score (nSPS) is 11.8. The summed E-state index contributed by atoms with van der Waals surface area (Å²) >= 11 is 0. The van der Waals surface area contributed by atoms with Crippen LogP contribution in [-0.4, -0.2) is 40.0 Å².